The summed E-state index contributed by atoms with van der Waals surface area (Å²) in [6.45, 7) is 6.16. The van der Waals surface area contributed by atoms with Gasteiger partial charge in [-0.15, -0.1) is 0 Å². The van der Waals surface area contributed by atoms with Gasteiger partial charge in [0.2, 0.25) is 0 Å². The first kappa shape index (κ1) is 19.0. The third kappa shape index (κ3) is 2.83. The SMILES string of the molecule is Cc1cc(C(=O)NC23CC4CC(C2)CC(n2cncn2)(C4)C3)c2ccc(C)c(C)c2n1. The van der Waals surface area contributed by atoms with Gasteiger partial charge in [-0.2, -0.15) is 5.10 Å². The van der Waals surface area contributed by atoms with Gasteiger partial charge < -0.3 is 5.32 Å². The molecule has 0 aliphatic heterocycles. The van der Waals surface area contributed by atoms with Crippen molar-refractivity contribution in [3.05, 3.63) is 53.2 Å². The van der Waals surface area contributed by atoms with Crippen LogP contribution < -0.4 is 5.32 Å². The van der Waals surface area contributed by atoms with E-state index in [1.54, 1.807) is 6.33 Å². The van der Waals surface area contributed by atoms with Crippen LogP contribution in [0.5, 0.6) is 0 Å². The molecule has 160 valence electrons. The molecule has 4 fully saturated rings. The summed E-state index contributed by atoms with van der Waals surface area (Å²) in [5, 5.41) is 9.03. The number of aryl methyl sites for hydroxylation is 3. The molecule has 4 aliphatic rings. The molecule has 1 N–H and O–H groups in total. The van der Waals surface area contributed by atoms with Crippen molar-refractivity contribution in [3.8, 4) is 0 Å². The van der Waals surface area contributed by atoms with Gasteiger partial charge in [-0.3, -0.25) is 9.78 Å². The van der Waals surface area contributed by atoms with Crippen LogP contribution in [-0.4, -0.2) is 31.2 Å². The minimum Gasteiger partial charge on any atom is -0.346 e. The fourth-order valence-corrected chi connectivity index (χ4v) is 7.24. The van der Waals surface area contributed by atoms with Gasteiger partial charge in [0, 0.05) is 16.6 Å². The first-order valence-electron chi connectivity index (χ1n) is 11.4. The van der Waals surface area contributed by atoms with E-state index in [4.69, 9.17) is 4.98 Å². The van der Waals surface area contributed by atoms with Gasteiger partial charge in [-0.25, -0.2) is 9.67 Å². The summed E-state index contributed by atoms with van der Waals surface area (Å²) in [7, 11) is 0. The number of rotatable bonds is 3. The van der Waals surface area contributed by atoms with E-state index in [0.29, 0.717) is 11.8 Å². The van der Waals surface area contributed by atoms with E-state index in [-0.39, 0.29) is 17.0 Å². The van der Waals surface area contributed by atoms with E-state index in [9.17, 15) is 4.79 Å². The Kier molecular flexibility index (Phi) is 3.90. The average molecular weight is 416 g/mol. The fraction of sp³-hybridized carbons (Fsp3) is 0.520. The molecular formula is C25H29N5O. The maximum atomic E-state index is 13.7. The van der Waals surface area contributed by atoms with Crippen LogP contribution >= 0.6 is 0 Å². The van der Waals surface area contributed by atoms with Crippen molar-refractivity contribution in [2.75, 3.05) is 0 Å². The van der Waals surface area contributed by atoms with Gasteiger partial charge in [0.15, 0.2) is 0 Å². The zero-order valence-electron chi connectivity index (χ0n) is 18.5. The minimum atomic E-state index is -0.156. The van der Waals surface area contributed by atoms with Crippen LogP contribution in [0.3, 0.4) is 0 Å². The Balaban J connectivity index is 1.38. The first-order valence-corrected chi connectivity index (χ1v) is 11.4. The molecule has 2 unspecified atom stereocenters. The lowest BCUT2D eigenvalue weighted by Crippen LogP contribution is -2.65. The summed E-state index contributed by atoms with van der Waals surface area (Å²) in [5.41, 5.74) is 4.76. The Hall–Kier alpha value is -2.76. The van der Waals surface area contributed by atoms with Gasteiger partial charge >= 0.3 is 0 Å². The van der Waals surface area contributed by atoms with Gasteiger partial charge in [0.25, 0.3) is 5.91 Å². The largest absolute Gasteiger partial charge is 0.346 e. The molecule has 6 nitrogen and oxygen atoms in total. The number of nitrogens with one attached hydrogen (secondary N) is 1. The molecule has 7 rings (SSSR count). The summed E-state index contributed by atoms with van der Waals surface area (Å²) < 4.78 is 2.09. The molecule has 1 aromatic carbocycles. The monoisotopic (exact) mass is 415 g/mol. The Morgan fingerprint density at radius 3 is 2.61 bits per heavy atom. The van der Waals surface area contributed by atoms with E-state index < -0.39 is 0 Å². The van der Waals surface area contributed by atoms with Crippen LogP contribution in [0.1, 0.15) is 65.7 Å². The number of aromatic nitrogens is 4. The van der Waals surface area contributed by atoms with Crippen LogP contribution in [0.25, 0.3) is 10.9 Å². The Morgan fingerprint density at radius 1 is 1.13 bits per heavy atom. The molecular weight excluding hydrogens is 386 g/mol. The Morgan fingerprint density at radius 2 is 1.90 bits per heavy atom. The van der Waals surface area contributed by atoms with Gasteiger partial charge in [0.05, 0.1) is 16.6 Å². The number of hydrogen-bond acceptors (Lipinski definition) is 4. The van der Waals surface area contributed by atoms with Crippen LogP contribution in [-0.2, 0) is 5.54 Å². The van der Waals surface area contributed by atoms with E-state index in [1.807, 2.05) is 19.3 Å². The summed E-state index contributed by atoms with van der Waals surface area (Å²) >= 11 is 0. The van der Waals surface area contributed by atoms with E-state index in [2.05, 4.69) is 46.1 Å². The van der Waals surface area contributed by atoms with Crippen molar-refractivity contribution >= 4 is 16.8 Å². The van der Waals surface area contributed by atoms with Crippen LogP contribution in [0.2, 0.25) is 0 Å². The molecule has 0 spiro atoms. The number of benzene rings is 1. The number of nitrogens with zero attached hydrogens (tertiary/aromatic N) is 4. The number of fused-ring (bicyclic) bond motifs is 1. The zero-order valence-corrected chi connectivity index (χ0v) is 18.5. The summed E-state index contributed by atoms with van der Waals surface area (Å²) in [5.74, 6) is 1.33. The molecule has 4 bridgehead atoms. The smallest absolute Gasteiger partial charge is 0.252 e. The van der Waals surface area contributed by atoms with E-state index in [1.165, 1.54) is 12.0 Å². The first-order chi connectivity index (χ1) is 14.9. The van der Waals surface area contributed by atoms with Crippen molar-refractivity contribution in [1.82, 2.24) is 25.1 Å². The van der Waals surface area contributed by atoms with Gasteiger partial charge in [-0.05, 0) is 88.3 Å². The second-order valence-corrected chi connectivity index (χ2v) is 10.5. The van der Waals surface area contributed by atoms with Crippen LogP contribution in [0.15, 0.2) is 30.9 Å². The highest BCUT2D eigenvalue weighted by Crippen LogP contribution is 2.60. The summed E-state index contributed by atoms with van der Waals surface area (Å²) in [4.78, 5) is 22.7. The highest BCUT2D eigenvalue weighted by atomic mass is 16.1. The molecule has 1 amide bonds. The van der Waals surface area contributed by atoms with Crippen molar-refractivity contribution < 1.29 is 4.79 Å². The molecule has 2 atom stereocenters. The number of carbonyl (C=O) groups is 1. The van der Waals surface area contributed by atoms with Crippen molar-refractivity contribution in [1.29, 1.82) is 0 Å². The molecule has 0 saturated heterocycles. The Bertz CT molecular complexity index is 1180. The van der Waals surface area contributed by atoms with Gasteiger partial charge in [-0.1, -0.05) is 12.1 Å². The molecule has 3 aromatic rings. The lowest BCUT2D eigenvalue weighted by atomic mass is 9.50. The average Bonchev–Trinajstić information content (AvgIpc) is 3.25. The second kappa shape index (κ2) is 6.38. The number of pyridine rings is 1. The quantitative estimate of drug-likeness (QED) is 0.695. The predicted octanol–water partition coefficient (Wildman–Crippen LogP) is 4.23. The normalized spacial score (nSPS) is 31.3. The van der Waals surface area contributed by atoms with Crippen molar-refractivity contribution in [2.24, 2.45) is 11.8 Å². The number of carbonyl (C=O) groups excluding carboxylic acids is 1. The summed E-state index contributed by atoms with van der Waals surface area (Å²) in [6, 6.07) is 6.09. The Labute approximate surface area is 182 Å². The molecule has 4 aliphatic carbocycles. The third-order valence-electron chi connectivity index (χ3n) is 8.19. The third-order valence-corrected chi connectivity index (χ3v) is 8.19. The highest BCUT2D eigenvalue weighted by Gasteiger charge is 2.59. The van der Waals surface area contributed by atoms with E-state index >= 15 is 0 Å². The van der Waals surface area contributed by atoms with E-state index in [0.717, 1.165) is 59.8 Å². The van der Waals surface area contributed by atoms with Crippen molar-refractivity contribution in [2.45, 2.75) is 70.4 Å². The summed E-state index contributed by atoms with van der Waals surface area (Å²) in [6.07, 6.45) is 10.2. The lowest BCUT2D eigenvalue weighted by Gasteiger charge is -2.61. The molecule has 31 heavy (non-hydrogen) atoms. The predicted molar refractivity (Wildman–Crippen MR) is 119 cm³/mol. The molecule has 0 radical (unpaired) electrons. The second-order valence-electron chi connectivity index (χ2n) is 10.5. The maximum Gasteiger partial charge on any atom is 0.252 e. The number of hydrogen-bond donors (Lipinski definition) is 1. The molecule has 6 heteroatoms. The molecule has 2 aromatic heterocycles. The topological polar surface area (TPSA) is 72.7 Å². The molecule has 4 saturated carbocycles. The standard InChI is InChI=1S/C25H29N5O/c1-15-4-5-20-21(6-16(2)28-22(20)17(15)3)23(31)29-24-8-18-7-19(9-24)11-25(10-18,12-24)30-14-26-13-27-30/h4-6,13-14,18-19H,7-12H2,1-3H3,(H,29,31). The van der Waals surface area contributed by atoms with Crippen LogP contribution in [0, 0.1) is 32.6 Å². The highest BCUT2D eigenvalue weighted by molar-refractivity contribution is 6.07. The fourth-order valence-electron chi connectivity index (χ4n) is 7.24. The van der Waals surface area contributed by atoms with Gasteiger partial charge in [0.1, 0.15) is 12.7 Å². The minimum absolute atomic E-state index is 0.00219. The zero-order chi connectivity index (χ0) is 21.4. The van der Waals surface area contributed by atoms with Crippen molar-refractivity contribution in [3.63, 3.8) is 0 Å². The van der Waals surface area contributed by atoms with Crippen LogP contribution in [0.4, 0.5) is 0 Å². The number of amides is 1. The maximum absolute atomic E-state index is 13.7. The lowest BCUT2D eigenvalue weighted by molar-refractivity contribution is -0.0744. The molecule has 2 heterocycles.